The lowest BCUT2D eigenvalue weighted by atomic mass is 10.2. The van der Waals surface area contributed by atoms with Gasteiger partial charge in [-0.15, -0.1) is 0 Å². The minimum atomic E-state index is -0.444. The lowest BCUT2D eigenvalue weighted by Gasteiger charge is -2.22. The van der Waals surface area contributed by atoms with Gasteiger partial charge >= 0.3 is 5.69 Å². The zero-order chi connectivity index (χ0) is 15.0. The van der Waals surface area contributed by atoms with Crippen LogP contribution in [0, 0.1) is 21.4 Å². The molecule has 0 unspecified atom stereocenters. The fourth-order valence-electron chi connectivity index (χ4n) is 1.83. The summed E-state index contributed by atoms with van der Waals surface area (Å²) in [6.45, 7) is 5.69. The first-order valence-corrected chi connectivity index (χ1v) is 6.67. The van der Waals surface area contributed by atoms with Crippen LogP contribution in [0.5, 0.6) is 5.75 Å². The zero-order valence-electron chi connectivity index (χ0n) is 11.8. The van der Waals surface area contributed by atoms with Crippen molar-refractivity contribution in [3.63, 3.8) is 0 Å². The summed E-state index contributed by atoms with van der Waals surface area (Å²) in [4.78, 5) is 12.5. The molecule has 0 atom stereocenters. The summed E-state index contributed by atoms with van der Waals surface area (Å²) in [6, 6.07) is 6.92. The predicted octanol–water partition coefficient (Wildman–Crippen LogP) is 3.12. The Balaban J connectivity index is 3.03. The van der Waals surface area contributed by atoms with Gasteiger partial charge in [0.1, 0.15) is 0 Å². The van der Waals surface area contributed by atoms with Crippen molar-refractivity contribution < 1.29 is 9.66 Å². The van der Waals surface area contributed by atoms with Crippen molar-refractivity contribution in [1.82, 2.24) is 0 Å². The van der Waals surface area contributed by atoms with Crippen LogP contribution in [0.4, 0.5) is 11.4 Å². The molecule has 1 aromatic rings. The first-order chi connectivity index (χ1) is 9.63. The number of nitrogens with zero attached hydrogens (tertiary/aromatic N) is 3. The number of benzene rings is 1. The maximum absolute atomic E-state index is 11.0. The smallest absolute Gasteiger partial charge is 0.311 e. The van der Waals surface area contributed by atoms with Gasteiger partial charge in [-0.2, -0.15) is 5.26 Å². The molecule has 0 aromatic heterocycles. The number of hydrogen-bond acceptors (Lipinski definition) is 5. The van der Waals surface area contributed by atoms with Crippen LogP contribution in [0.15, 0.2) is 18.2 Å². The van der Waals surface area contributed by atoms with Crippen molar-refractivity contribution in [3.05, 3.63) is 28.3 Å². The summed E-state index contributed by atoms with van der Waals surface area (Å²) >= 11 is 0. The Hall–Kier alpha value is -2.29. The molecule has 0 aliphatic heterocycles. The van der Waals surface area contributed by atoms with Crippen molar-refractivity contribution in [2.75, 3.05) is 24.6 Å². The monoisotopic (exact) mass is 277 g/mol. The molecule has 0 fully saturated rings. The number of rotatable bonds is 8. The number of ether oxygens (including phenoxy) is 1. The Morgan fingerprint density at radius 3 is 2.75 bits per heavy atom. The van der Waals surface area contributed by atoms with Gasteiger partial charge in [0.15, 0.2) is 5.75 Å². The molecule has 0 saturated heterocycles. The fourth-order valence-corrected chi connectivity index (χ4v) is 1.83. The molecule has 0 radical (unpaired) electrons. The number of hydrogen-bond donors (Lipinski definition) is 0. The summed E-state index contributed by atoms with van der Waals surface area (Å²) in [6.07, 6.45) is 1.20. The van der Waals surface area contributed by atoms with Crippen LogP contribution >= 0.6 is 0 Å². The van der Waals surface area contributed by atoms with Crippen LogP contribution in [0.2, 0.25) is 0 Å². The Morgan fingerprint density at radius 2 is 2.20 bits per heavy atom. The zero-order valence-corrected chi connectivity index (χ0v) is 11.8. The van der Waals surface area contributed by atoms with Gasteiger partial charge < -0.3 is 9.64 Å². The van der Waals surface area contributed by atoms with Crippen LogP contribution < -0.4 is 9.64 Å². The lowest BCUT2D eigenvalue weighted by molar-refractivity contribution is -0.385. The molecule has 1 aromatic carbocycles. The van der Waals surface area contributed by atoms with E-state index in [1.165, 1.54) is 6.07 Å². The molecule has 0 bridgehead atoms. The van der Waals surface area contributed by atoms with Gasteiger partial charge in [0.2, 0.25) is 0 Å². The predicted molar refractivity (Wildman–Crippen MR) is 77.0 cm³/mol. The highest BCUT2D eigenvalue weighted by atomic mass is 16.6. The second-order valence-electron chi connectivity index (χ2n) is 4.25. The van der Waals surface area contributed by atoms with E-state index in [2.05, 4.69) is 6.07 Å². The van der Waals surface area contributed by atoms with Gasteiger partial charge in [0.25, 0.3) is 0 Å². The molecule has 0 aliphatic carbocycles. The van der Waals surface area contributed by atoms with Crippen molar-refractivity contribution in [2.24, 2.45) is 0 Å². The molecule has 1 rings (SSSR count). The van der Waals surface area contributed by atoms with Crippen LogP contribution in [-0.4, -0.2) is 24.6 Å². The van der Waals surface area contributed by atoms with E-state index in [4.69, 9.17) is 10.00 Å². The van der Waals surface area contributed by atoms with E-state index in [1.807, 2.05) is 18.7 Å². The highest BCUT2D eigenvalue weighted by Gasteiger charge is 2.17. The number of nitriles is 1. The minimum absolute atomic E-state index is 0.0291. The molecular weight excluding hydrogens is 258 g/mol. The van der Waals surface area contributed by atoms with E-state index in [0.29, 0.717) is 19.6 Å². The van der Waals surface area contributed by atoms with E-state index in [9.17, 15) is 10.1 Å². The maximum Gasteiger partial charge on any atom is 0.311 e. The number of nitro groups is 1. The van der Waals surface area contributed by atoms with E-state index in [-0.39, 0.29) is 11.4 Å². The van der Waals surface area contributed by atoms with Crippen LogP contribution in [0.3, 0.4) is 0 Å². The highest BCUT2D eigenvalue weighted by molar-refractivity contribution is 5.59. The number of anilines is 1. The molecular formula is C14H19N3O3. The average molecular weight is 277 g/mol. The van der Waals surface area contributed by atoms with E-state index in [1.54, 1.807) is 12.1 Å². The van der Waals surface area contributed by atoms with Crippen molar-refractivity contribution in [2.45, 2.75) is 26.7 Å². The highest BCUT2D eigenvalue weighted by Crippen LogP contribution is 2.31. The standard InChI is InChI=1S/C14H19N3O3/c1-3-10-20-14-11-12(6-7-13(14)17(18)19)16(4-2)9-5-8-15/h6-7,11H,3-5,9-10H2,1-2H3. The normalized spacial score (nSPS) is 9.85. The van der Waals surface area contributed by atoms with E-state index in [0.717, 1.165) is 18.7 Å². The molecule has 108 valence electrons. The largest absolute Gasteiger partial charge is 0.487 e. The van der Waals surface area contributed by atoms with Crippen molar-refractivity contribution >= 4 is 11.4 Å². The van der Waals surface area contributed by atoms with Crippen LogP contribution in [-0.2, 0) is 0 Å². The molecule has 0 spiro atoms. The maximum atomic E-state index is 11.0. The third-order valence-electron chi connectivity index (χ3n) is 2.84. The molecule has 0 amide bonds. The van der Waals surface area contributed by atoms with Crippen LogP contribution in [0.25, 0.3) is 0 Å². The van der Waals surface area contributed by atoms with Gasteiger partial charge in [-0.3, -0.25) is 10.1 Å². The summed E-state index contributed by atoms with van der Waals surface area (Å²) in [5.41, 5.74) is 0.804. The Bertz CT molecular complexity index is 497. The molecule has 0 heterocycles. The molecule has 6 heteroatoms. The first kappa shape index (κ1) is 15.8. The topological polar surface area (TPSA) is 79.4 Å². The average Bonchev–Trinajstić information content (AvgIpc) is 2.45. The second kappa shape index (κ2) is 8.00. The Morgan fingerprint density at radius 1 is 1.45 bits per heavy atom. The van der Waals surface area contributed by atoms with Gasteiger partial charge in [0.05, 0.1) is 24.0 Å². The van der Waals surface area contributed by atoms with Crippen molar-refractivity contribution in [1.29, 1.82) is 5.26 Å². The molecule has 0 aliphatic rings. The first-order valence-electron chi connectivity index (χ1n) is 6.67. The van der Waals surface area contributed by atoms with E-state index < -0.39 is 4.92 Å². The summed E-state index contributed by atoms with van der Waals surface area (Å²) in [5, 5.41) is 19.6. The van der Waals surface area contributed by atoms with E-state index >= 15 is 0 Å². The Kier molecular flexibility index (Phi) is 6.30. The van der Waals surface area contributed by atoms with Crippen LogP contribution in [0.1, 0.15) is 26.7 Å². The minimum Gasteiger partial charge on any atom is -0.487 e. The third-order valence-corrected chi connectivity index (χ3v) is 2.84. The fraction of sp³-hybridized carbons (Fsp3) is 0.500. The van der Waals surface area contributed by atoms with Crippen molar-refractivity contribution in [3.8, 4) is 11.8 Å². The number of nitro benzene ring substituents is 1. The summed E-state index contributed by atoms with van der Waals surface area (Å²) < 4.78 is 5.45. The second-order valence-corrected chi connectivity index (χ2v) is 4.25. The molecule has 0 N–H and O–H groups in total. The quantitative estimate of drug-likeness (QED) is 0.538. The van der Waals surface area contributed by atoms with Gasteiger partial charge in [-0.05, 0) is 19.4 Å². The molecule has 6 nitrogen and oxygen atoms in total. The van der Waals surface area contributed by atoms with Gasteiger partial charge in [-0.1, -0.05) is 6.92 Å². The molecule has 0 saturated carbocycles. The van der Waals surface area contributed by atoms with Gasteiger partial charge in [-0.25, -0.2) is 0 Å². The third kappa shape index (κ3) is 4.12. The molecule has 20 heavy (non-hydrogen) atoms. The SMILES string of the molecule is CCCOc1cc(N(CC)CCC#N)ccc1[N+](=O)[O-]. The summed E-state index contributed by atoms with van der Waals surface area (Å²) in [7, 11) is 0. The summed E-state index contributed by atoms with van der Waals surface area (Å²) in [5.74, 6) is 0.282. The lowest BCUT2D eigenvalue weighted by Crippen LogP contribution is -2.23. The van der Waals surface area contributed by atoms with Gasteiger partial charge in [0, 0.05) is 30.9 Å². The Labute approximate surface area is 118 Å².